The van der Waals surface area contributed by atoms with Crippen LogP contribution >= 0.6 is 0 Å². The number of imidazole rings is 1. The monoisotopic (exact) mass is 397 g/mol. The molecule has 6 nitrogen and oxygen atoms in total. The van der Waals surface area contributed by atoms with E-state index in [-0.39, 0.29) is 5.78 Å². The van der Waals surface area contributed by atoms with E-state index in [1.807, 2.05) is 54.6 Å². The molecule has 0 aliphatic rings. The predicted octanol–water partition coefficient (Wildman–Crippen LogP) is 3.90. The van der Waals surface area contributed by atoms with E-state index in [0.29, 0.717) is 17.5 Å². The van der Waals surface area contributed by atoms with Gasteiger partial charge in [0, 0.05) is 23.6 Å². The number of carbonyl (C=O) groups is 2. The molecule has 4 aromatic rings. The van der Waals surface area contributed by atoms with Crippen LogP contribution in [0, 0.1) is 0 Å². The molecule has 3 aromatic carbocycles. The molecule has 0 spiro atoms. The zero-order valence-corrected chi connectivity index (χ0v) is 16.0. The molecule has 0 aliphatic carbocycles. The van der Waals surface area contributed by atoms with Gasteiger partial charge < -0.3 is 4.98 Å². The number of hydroxylamine groups is 1. The highest BCUT2D eigenvalue weighted by Gasteiger charge is 2.11. The zero-order valence-electron chi connectivity index (χ0n) is 16.0. The van der Waals surface area contributed by atoms with Gasteiger partial charge in [0.25, 0.3) is 5.91 Å². The van der Waals surface area contributed by atoms with Gasteiger partial charge in [-0.05, 0) is 35.4 Å². The fraction of sp³-hybridized carbons (Fsp3) is 0.0417. The van der Waals surface area contributed by atoms with Crippen molar-refractivity contribution in [1.29, 1.82) is 0 Å². The highest BCUT2D eigenvalue weighted by molar-refractivity contribution is 6.10. The van der Waals surface area contributed by atoms with Gasteiger partial charge in [-0.15, -0.1) is 0 Å². The van der Waals surface area contributed by atoms with E-state index < -0.39 is 5.91 Å². The van der Waals surface area contributed by atoms with Gasteiger partial charge in [-0.2, -0.15) is 0 Å². The third-order valence-corrected chi connectivity index (χ3v) is 4.72. The van der Waals surface area contributed by atoms with Gasteiger partial charge >= 0.3 is 0 Å². The zero-order chi connectivity index (χ0) is 20.9. The summed E-state index contributed by atoms with van der Waals surface area (Å²) in [5, 5.41) is 8.51. The van der Waals surface area contributed by atoms with Crippen LogP contribution in [0.15, 0.2) is 78.9 Å². The van der Waals surface area contributed by atoms with Crippen molar-refractivity contribution < 1.29 is 14.8 Å². The van der Waals surface area contributed by atoms with Crippen molar-refractivity contribution in [1.82, 2.24) is 15.4 Å². The number of nitrogens with one attached hydrogen (secondary N) is 2. The molecule has 1 amide bonds. The molecule has 0 saturated carbocycles. The molecule has 4 rings (SSSR count). The molecule has 30 heavy (non-hydrogen) atoms. The summed E-state index contributed by atoms with van der Waals surface area (Å²) >= 11 is 0. The fourth-order valence-corrected chi connectivity index (χ4v) is 3.19. The lowest BCUT2D eigenvalue weighted by molar-refractivity contribution is -0.124. The Bertz CT molecular complexity index is 1230. The van der Waals surface area contributed by atoms with Crippen LogP contribution in [-0.2, 0) is 11.2 Å². The van der Waals surface area contributed by atoms with Gasteiger partial charge in [-0.3, -0.25) is 14.8 Å². The van der Waals surface area contributed by atoms with E-state index in [4.69, 9.17) is 5.21 Å². The first-order valence-electron chi connectivity index (χ1n) is 9.42. The van der Waals surface area contributed by atoms with Gasteiger partial charge in [-0.1, -0.05) is 54.6 Å². The Kier molecular flexibility index (Phi) is 5.50. The molecule has 148 valence electrons. The molecule has 6 heteroatoms. The maximum absolute atomic E-state index is 12.7. The first-order valence-corrected chi connectivity index (χ1v) is 9.42. The quantitative estimate of drug-likeness (QED) is 0.199. The summed E-state index contributed by atoms with van der Waals surface area (Å²) in [6, 6.07) is 22.4. The van der Waals surface area contributed by atoms with E-state index in [0.717, 1.165) is 28.0 Å². The number of nitrogens with zero attached hydrogens (tertiary/aromatic N) is 1. The number of rotatable bonds is 6. The van der Waals surface area contributed by atoms with Crippen LogP contribution in [0.2, 0.25) is 0 Å². The Morgan fingerprint density at radius 2 is 1.73 bits per heavy atom. The summed E-state index contributed by atoms with van der Waals surface area (Å²) in [5.74, 6) is 0.205. The number of aromatic nitrogens is 2. The molecule has 0 fully saturated rings. The lowest BCUT2D eigenvalue weighted by Crippen LogP contribution is -2.14. The number of hydrogen-bond donors (Lipinski definition) is 3. The molecule has 0 aliphatic heterocycles. The third kappa shape index (κ3) is 4.34. The summed E-state index contributed by atoms with van der Waals surface area (Å²) < 4.78 is 0. The number of ketones is 1. The maximum Gasteiger partial charge on any atom is 0.267 e. The summed E-state index contributed by atoms with van der Waals surface area (Å²) in [7, 11) is 0. The third-order valence-electron chi connectivity index (χ3n) is 4.72. The van der Waals surface area contributed by atoms with Crippen molar-refractivity contribution in [2.75, 3.05) is 0 Å². The van der Waals surface area contributed by atoms with Gasteiger partial charge in [0.15, 0.2) is 5.78 Å². The molecule has 1 heterocycles. The molecular weight excluding hydrogens is 378 g/mol. The van der Waals surface area contributed by atoms with Crippen LogP contribution in [0.3, 0.4) is 0 Å². The van der Waals surface area contributed by atoms with Crippen LogP contribution in [0.1, 0.15) is 32.9 Å². The highest BCUT2D eigenvalue weighted by atomic mass is 16.5. The Balaban J connectivity index is 1.51. The SMILES string of the molecule is O=C(C=Cc1ccc(Cc2nc3ccc(C(=O)c4ccccc4)cc3[nH]2)cc1)NO. The minimum atomic E-state index is -0.577. The molecule has 0 atom stereocenters. The van der Waals surface area contributed by atoms with Crippen LogP contribution in [0.5, 0.6) is 0 Å². The number of H-pyrrole nitrogens is 1. The smallest absolute Gasteiger partial charge is 0.267 e. The first kappa shape index (κ1) is 19.3. The van der Waals surface area contributed by atoms with Crippen molar-refractivity contribution in [2.24, 2.45) is 0 Å². The molecule has 3 N–H and O–H groups in total. The summed E-state index contributed by atoms with van der Waals surface area (Å²) in [6.07, 6.45) is 3.47. The molecule has 0 radical (unpaired) electrons. The first-order chi connectivity index (χ1) is 14.6. The number of amides is 1. The Morgan fingerprint density at radius 3 is 2.47 bits per heavy atom. The molecular formula is C24H19N3O3. The van der Waals surface area contributed by atoms with Crippen molar-refractivity contribution >= 4 is 28.8 Å². The second kappa shape index (κ2) is 8.55. The van der Waals surface area contributed by atoms with Crippen LogP contribution < -0.4 is 5.48 Å². The minimum absolute atomic E-state index is 0.0211. The summed E-state index contributed by atoms with van der Waals surface area (Å²) in [5.41, 5.74) is 6.35. The standard InChI is InChI=1S/C24H19N3O3/c28-23(27-30)13-10-16-6-8-17(9-7-16)14-22-25-20-12-11-19(15-21(20)26-22)24(29)18-4-2-1-3-5-18/h1-13,15,30H,14H2,(H,25,26)(H,27,28). The fourth-order valence-electron chi connectivity index (χ4n) is 3.19. The van der Waals surface area contributed by atoms with Crippen molar-refractivity contribution in [3.8, 4) is 0 Å². The number of aromatic amines is 1. The minimum Gasteiger partial charge on any atom is -0.342 e. The molecule has 0 unspecified atom stereocenters. The number of benzene rings is 3. The average Bonchev–Trinajstić information content (AvgIpc) is 3.19. The van der Waals surface area contributed by atoms with E-state index in [9.17, 15) is 9.59 Å². The van der Waals surface area contributed by atoms with Crippen molar-refractivity contribution in [3.05, 3.63) is 107 Å². The maximum atomic E-state index is 12.7. The highest BCUT2D eigenvalue weighted by Crippen LogP contribution is 2.18. The Morgan fingerprint density at radius 1 is 0.967 bits per heavy atom. The lowest BCUT2D eigenvalue weighted by atomic mass is 10.0. The summed E-state index contributed by atoms with van der Waals surface area (Å²) in [4.78, 5) is 31.6. The normalized spacial score (nSPS) is 11.1. The molecule has 1 aromatic heterocycles. The topological polar surface area (TPSA) is 95.1 Å². The van der Waals surface area contributed by atoms with E-state index in [2.05, 4.69) is 9.97 Å². The number of hydrogen-bond acceptors (Lipinski definition) is 4. The lowest BCUT2D eigenvalue weighted by Gasteiger charge is -2.00. The van der Waals surface area contributed by atoms with Gasteiger partial charge in [0.2, 0.25) is 0 Å². The van der Waals surface area contributed by atoms with E-state index in [1.165, 1.54) is 6.08 Å². The largest absolute Gasteiger partial charge is 0.342 e. The predicted molar refractivity (Wildman–Crippen MR) is 114 cm³/mol. The van der Waals surface area contributed by atoms with Crippen LogP contribution in [0.25, 0.3) is 17.1 Å². The van der Waals surface area contributed by atoms with Crippen LogP contribution in [0.4, 0.5) is 0 Å². The Labute approximate surface area is 172 Å². The number of fused-ring (bicyclic) bond motifs is 1. The van der Waals surface area contributed by atoms with E-state index >= 15 is 0 Å². The van der Waals surface area contributed by atoms with Gasteiger partial charge in [-0.25, -0.2) is 10.5 Å². The Hall–Kier alpha value is -4.03. The van der Waals surface area contributed by atoms with Crippen molar-refractivity contribution in [2.45, 2.75) is 6.42 Å². The van der Waals surface area contributed by atoms with Gasteiger partial charge in [0.1, 0.15) is 5.82 Å². The molecule has 0 bridgehead atoms. The molecule has 0 saturated heterocycles. The second-order valence-electron chi connectivity index (χ2n) is 6.84. The van der Waals surface area contributed by atoms with E-state index in [1.54, 1.807) is 29.8 Å². The average molecular weight is 397 g/mol. The van der Waals surface area contributed by atoms with Gasteiger partial charge in [0.05, 0.1) is 11.0 Å². The van der Waals surface area contributed by atoms with Crippen LogP contribution in [-0.4, -0.2) is 26.9 Å². The second-order valence-corrected chi connectivity index (χ2v) is 6.84. The van der Waals surface area contributed by atoms with Crippen molar-refractivity contribution in [3.63, 3.8) is 0 Å². The number of carbonyl (C=O) groups excluding carboxylic acids is 2. The summed E-state index contributed by atoms with van der Waals surface area (Å²) in [6.45, 7) is 0.